The summed E-state index contributed by atoms with van der Waals surface area (Å²) in [6, 6.07) is 0. The number of carboxylic acids is 1. The monoisotopic (exact) mass is 145 g/mol. The molecule has 5 heteroatoms. The molecule has 56 valence electrons. The Morgan fingerprint density at radius 3 is 2.70 bits per heavy atom. The maximum Gasteiger partial charge on any atom is 0.354 e. The molecule has 0 fully saturated rings. The van der Waals surface area contributed by atoms with E-state index in [4.69, 9.17) is 5.11 Å². The van der Waals surface area contributed by atoms with Crippen molar-refractivity contribution >= 4 is 18.0 Å². The molecule has 0 aliphatic heterocycles. The Morgan fingerprint density at radius 1 is 1.80 bits per heavy atom. The van der Waals surface area contributed by atoms with Crippen molar-refractivity contribution in [2.45, 2.75) is 6.42 Å². The van der Waals surface area contributed by atoms with Crippen LogP contribution in [0.15, 0.2) is 5.16 Å². The van der Waals surface area contributed by atoms with E-state index in [9.17, 15) is 9.59 Å². The fourth-order valence-corrected chi connectivity index (χ4v) is 0.353. The summed E-state index contributed by atoms with van der Waals surface area (Å²) in [5.41, 5.74) is -0.294. The van der Waals surface area contributed by atoms with Gasteiger partial charge < -0.3 is 14.7 Å². The third-order valence-corrected chi connectivity index (χ3v) is 0.725. The minimum Gasteiger partial charge on any atom is -0.477 e. The summed E-state index contributed by atoms with van der Waals surface area (Å²) in [6.45, 7) is 0. The van der Waals surface area contributed by atoms with Crippen LogP contribution < -0.4 is 0 Å². The van der Waals surface area contributed by atoms with Crippen LogP contribution in [0.3, 0.4) is 0 Å². The number of aldehydes is 1. The highest BCUT2D eigenvalue weighted by Gasteiger charge is 2.08. The lowest BCUT2D eigenvalue weighted by atomic mass is 10.3. The van der Waals surface area contributed by atoms with E-state index in [0.29, 0.717) is 6.29 Å². The van der Waals surface area contributed by atoms with Gasteiger partial charge in [0.15, 0.2) is 5.71 Å². The van der Waals surface area contributed by atoms with E-state index in [1.807, 2.05) is 0 Å². The first-order valence-corrected chi connectivity index (χ1v) is 2.49. The second kappa shape index (κ2) is 4.49. The van der Waals surface area contributed by atoms with Crippen molar-refractivity contribution < 1.29 is 19.5 Å². The second-order valence-electron chi connectivity index (χ2n) is 1.40. The number of hydrogen-bond acceptors (Lipinski definition) is 4. The zero-order valence-corrected chi connectivity index (χ0v) is 5.40. The molecule has 0 spiro atoms. The third-order valence-electron chi connectivity index (χ3n) is 0.725. The second-order valence-corrected chi connectivity index (χ2v) is 1.40. The van der Waals surface area contributed by atoms with E-state index in [-0.39, 0.29) is 12.1 Å². The average Bonchev–Trinajstić information content (AvgIpc) is 1.87. The Hall–Kier alpha value is -1.39. The van der Waals surface area contributed by atoms with Crippen molar-refractivity contribution in [2.75, 3.05) is 7.11 Å². The molecule has 10 heavy (non-hydrogen) atoms. The van der Waals surface area contributed by atoms with Gasteiger partial charge in [0, 0.05) is 0 Å². The van der Waals surface area contributed by atoms with Gasteiger partial charge in [-0.2, -0.15) is 0 Å². The molecule has 5 nitrogen and oxygen atoms in total. The highest BCUT2D eigenvalue weighted by atomic mass is 16.6. The summed E-state index contributed by atoms with van der Waals surface area (Å²) in [5, 5.41) is 11.4. The number of hydrogen-bond donors (Lipinski definition) is 1. The molecule has 0 bridgehead atoms. The quantitative estimate of drug-likeness (QED) is 0.333. The molecule has 0 aromatic carbocycles. The molecule has 0 aliphatic rings. The maximum atomic E-state index is 10.1. The fourth-order valence-electron chi connectivity index (χ4n) is 0.353. The van der Waals surface area contributed by atoms with Crippen LogP contribution in [-0.4, -0.2) is 30.2 Å². The van der Waals surface area contributed by atoms with E-state index in [0.717, 1.165) is 0 Å². The van der Waals surface area contributed by atoms with Crippen molar-refractivity contribution in [1.82, 2.24) is 0 Å². The summed E-state index contributed by atoms with van der Waals surface area (Å²) in [4.78, 5) is 24.1. The number of carboxylic acid groups (broad SMARTS) is 1. The van der Waals surface area contributed by atoms with Crippen molar-refractivity contribution in [3.05, 3.63) is 0 Å². The average molecular weight is 145 g/mol. The minimum absolute atomic E-state index is 0.233. The molecule has 0 atom stereocenters. The van der Waals surface area contributed by atoms with Gasteiger partial charge in [0.2, 0.25) is 0 Å². The van der Waals surface area contributed by atoms with E-state index in [2.05, 4.69) is 9.99 Å². The molecular weight excluding hydrogens is 138 g/mol. The molecule has 0 rings (SSSR count). The highest BCUT2D eigenvalue weighted by molar-refractivity contribution is 6.37. The van der Waals surface area contributed by atoms with Gasteiger partial charge in [-0.25, -0.2) is 4.79 Å². The molecule has 0 saturated heterocycles. The smallest absolute Gasteiger partial charge is 0.354 e. The molecule has 0 aromatic heterocycles. The third kappa shape index (κ3) is 2.81. The van der Waals surface area contributed by atoms with E-state index in [1.165, 1.54) is 7.11 Å². The number of nitrogens with zero attached hydrogens (tertiary/aromatic N) is 1. The van der Waals surface area contributed by atoms with Gasteiger partial charge in [-0.3, -0.25) is 0 Å². The number of carbonyl (C=O) groups excluding carboxylic acids is 1. The van der Waals surface area contributed by atoms with Crippen molar-refractivity contribution in [3.63, 3.8) is 0 Å². The predicted molar refractivity (Wildman–Crippen MR) is 32.8 cm³/mol. The van der Waals surface area contributed by atoms with Crippen LogP contribution in [-0.2, 0) is 14.4 Å². The zero-order chi connectivity index (χ0) is 7.98. The SMILES string of the molecule is CON=C(CC=O)C(=O)O. The lowest BCUT2D eigenvalue weighted by Crippen LogP contribution is -2.13. The Kier molecular flexibility index (Phi) is 3.86. The van der Waals surface area contributed by atoms with Crippen LogP contribution in [0.1, 0.15) is 6.42 Å². The summed E-state index contributed by atoms with van der Waals surface area (Å²) >= 11 is 0. The first kappa shape index (κ1) is 8.61. The Morgan fingerprint density at radius 2 is 2.40 bits per heavy atom. The molecule has 0 aromatic rings. The van der Waals surface area contributed by atoms with Crippen LogP contribution in [0, 0.1) is 0 Å². The van der Waals surface area contributed by atoms with Crippen molar-refractivity contribution in [1.29, 1.82) is 0 Å². The summed E-state index contributed by atoms with van der Waals surface area (Å²) in [5.74, 6) is -1.24. The Bertz CT molecular complexity index is 163. The standard InChI is InChI=1S/C5H7NO4/c1-10-6-4(2-3-7)5(8)9/h3H,2H2,1H3,(H,8,9). The molecule has 1 N–H and O–H groups in total. The molecule has 0 aliphatic carbocycles. The molecular formula is C5H7NO4. The van der Waals surface area contributed by atoms with Gasteiger partial charge in [-0.1, -0.05) is 5.16 Å². The van der Waals surface area contributed by atoms with Gasteiger partial charge in [-0.15, -0.1) is 0 Å². The van der Waals surface area contributed by atoms with Gasteiger partial charge in [0.05, 0.1) is 6.42 Å². The molecule has 0 amide bonds. The van der Waals surface area contributed by atoms with E-state index in [1.54, 1.807) is 0 Å². The number of carbonyl (C=O) groups is 2. The fraction of sp³-hybridized carbons (Fsp3) is 0.400. The maximum absolute atomic E-state index is 10.1. The molecule has 0 heterocycles. The van der Waals surface area contributed by atoms with Crippen molar-refractivity contribution in [2.24, 2.45) is 5.16 Å². The van der Waals surface area contributed by atoms with Crippen LogP contribution in [0.5, 0.6) is 0 Å². The van der Waals surface area contributed by atoms with E-state index >= 15 is 0 Å². The number of oxime groups is 1. The Balaban J connectivity index is 4.10. The van der Waals surface area contributed by atoms with Crippen molar-refractivity contribution in [3.8, 4) is 0 Å². The topological polar surface area (TPSA) is 76.0 Å². The summed E-state index contributed by atoms with van der Waals surface area (Å²) in [7, 11) is 1.22. The first-order valence-electron chi connectivity index (χ1n) is 2.49. The Labute approximate surface area is 57.3 Å². The predicted octanol–water partition coefficient (Wildman–Crippen LogP) is -0.338. The van der Waals surface area contributed by atoms with Crippen LogP contribution in [0.4, 0.5) is 0 Å². The number of aliphatic carboxylic acids is 1. The van der Waals surface area contributed by atoms with Gasteiger partial charge >= 0.3 is 5.97 Å². The molecule has 0 radical (unpaired) electrons. The lowest BCUT2D eigenvalue weighted by Gasteiger charge is -1.91. The van der Waals surface area contributed by atoms with Gasteiger partial charge in [0.25, 0.3) is 0 Å². The number of rotatable bonds is 4. The lowest BCUT2D eigenvalue weighted by molar-refractivity contribution is -0.130. The van der Waals surface area contributed by atoms with Gasteiger partial charge in [-0.05, 0) is 0 Å². The van der Waals surface area contributed by atoms with E-state index < -0.39 is 5.97 Å². The molecule has 0 unspecified atom stereocenters. The zero-order valence-electron chi connectivity index (χ0n) is 5.40. The van der Waals surface area contributed by atoms with Gasteiger partial charge in [0.1, 0.15) is 13.4 Å². The van der Waals surface area contributed by atoms with Crippen LogP contribution >= 0.6 is 0 Å². The first-order chi connectivity index (χ1) is 4.72. The normalized spacial score (nSPS) is 10.7. The summed E-state index contributed by atoms with van der Waals surface area (Å²) < 4.78 is 0. The van der Waals surface area contributed by atoms with Crippen LogP contribution in [0.25, 0.3) is 0 Å². The van der Waals surface area contributed by atoms with Crippen LogP contribution in [0.2, 0.25) is 0 Å². The highest BCUT2D eigenvalue weighted by Crippen LogP contribution is 1.84. The largest absolute Gasteiger partial charge is 0.477 e. The molecule has 0 saturated carbocycles. The minimum atomic E-state index is -1.24. The summed E-state index contributed by atoms with van der Waals surface area (Å²) in [6.07, 6.45) is 0.217.